The minimum Gasteiger partial charge on any atom is -0.395 e. The Bertz CT molecular complexity index is 442. The summed E-state index contributed by atoms with van der Waals surface area (Å²) in [5.41, 5.74) is 2.87. The number of fused-ring (bicyclic) bond motifs is 1. The van der Waals surface area contributed by atoms with Gasteiger partial charge in [0.15, 0.2) is 0 Å². The van der Waals surface area contributed by atoms with E-state index >= 15 is 0 Å². The van der Waals surface area contributed by atoms with Gasteiger partial charge in [0.1, 0.15) is 0 Å². The van der Waals surface area contributed by atoms with E-state index in [0.29, 0.717) is 5.56 Å². The summed E-state index contributed by atoms with van der Waals surface area (Å²) in [6.45, 7) is 1.27. The lowest BCUT2D eigenvalue weighted by Gasteiger charge is -2.23. The highest BCUT2D eigenvalue weighted by molar-refractivity contribution is 5.95. The molecule has 0 saturated carbocycles. The van der Waals surface area contributed by atoms with Crippen molar-refractivity contribution in [1.29, 1.82) is 0 Å². The van der Waals surface area contributed by atoms with Gasteiger partial charge in [0.05, 0.1) is 13.2 Å². The Balaban J connectivity index is 2.17. The first-order chi connectivity index (χ1) is 9.26. The van der Waals surface area contributed by atoms with E-state index in [4.69, 9.17) is 10.2 Å². The van der Waals surface area contributed by atoms with Crippen molar-refractivity contribution in [3.05, 3.63) is 29.3 Å². The molecule has 5 heteroatoms. The molecular formula is C14H20N2O3. The standard InChI is InChI=1S/C14H20N2O3/c17-8-6-16(7-9-18)14(19)12-3-4-13-11(10-12)2-1-5-15-13/h3-4,10,15,17-18H,1-2,5-9H2. The molecule has 0 aliphatic carbocycles. The predicted octanol–water partition coefficient (Wildman–Crippen LogP) is 0.471. The number of hydrogen-bond acceptors (Lipinski definition) is 4. The largest absolute Gasteiger partial charge is 0.395 e. The van der Waals surface area contributed by atoms with Gasteiger partial charge in [-0.25, -0.2) is 0 Å². The maximum absolute atomic E-state index is 12.3. The van der Waals surface area contributed by atoms with Gasteiger partial charge < -0.3 is 20.4 Å². The highest BCUT2D eigenvalue weighted by atomic mass is 16.3. The first-order valence-electron chi connectivity index (χ1n) is 6.64. The zero-order chi connectivity index (χ0) is 13.7. The summed E-state index contributed by atoms with van der Waals surface area (Å²) in [7, 11) is 0. The maximum atomic E-state index is 12.3. The maximum Gasteiger partial charge on any atom is 0.254 e. The van der Waals surface area contributed by atoms with Crippen LogP contribution in [0.25, 0.3) is 0 Å². The third kappa shape index (κ3) is 3.24. The molecule has 1 aromatic rings. The van der Waals surface area contributed by atoms with Crippen LogP contribution in [0.3, 0.4) is 0 Å². The SMILES string of the molecule is O=C(c1ccc2c(c1)CCCN2)N(CCO)CCO. The number of carbonyl (C=O) groups excluding carboxylic acids is 1. The van der Waals surface area contributed by atoms with E-state index in [1.807, 2.05) is 12.1 Å². The summed E-state index contributed by atoms with van der Waals surface area (Å²) >= 11 is 0. The van der Waals surface area contributed by atoms with E-state index in [1.54, 1.807) is 6.07 Å². The Morgan fingerprint density at radius 2 is 2.00 bits per heavy atom. The summed E-state index contributed by atoms with van der Waals surface area (Å²) in [6, 6.07) is 5.63. The number of carbonyl (C=O) groups is 1. The van der Waals surface area contributed by atoms with Crippen LogP contribution < -0.4 is 5.32 Å². The van der Waals surface area contributed by atoms with Crippen molar-refractivity contribution in [2.45, 2.75) is 12.8 Å². The van der Waals surface area contributed by atoms with E-state index in [1.165, 1.54) is 4.90 Å². The normalized spacial score (nSPS) is 13.6. The molecular weight excluding hydrogens is 244 g/mol. The number of nitrogens with one attached hydrogen (secondary N) is 1. The Morgan fingerprint density at radius 1 is 1.26 bits per heavy atom. The lowest BCUT2D eigenvalue weighted by molar-refractivity contribution is 0.0684. The minimum absolute atomic E-state index is 0.0990. The van der Waals surface area contributed by atoms with Crippen LogP contribution in [0.2, 0.25) is 0 Å². The molecule has 5 nitrogen and oxygen atoms in total. The first-order valence-corrected chi connectivity index (χ1v) is 6.64. The van der Waals surface area contributed by atoms with Gasteiger partial charge in [0, 0.05) is 30.9 Å². The van der Waals surface area contributed by atoms with E-state index in [9.17, 15) is 4.79 Å². The molecule has 1 aliphatic rings. The summed E-state index contributed by atoms with van der Waals surface area (Å²) in [4.78, 5) is 13.8. The molecule has 0 fully saturated rings. The van der Waals surface area contributed by atoms with Crippen molar-refractivity contribution in [2.24, 2.45) is 0 Å². The molecule has 1 amide bonds. The molecule has 0 atom stereocenters. The van der Waals surface area contributed by atoms with Crippen molar-refractivity contribution in [2.75, 3.05) is 38.2 Å². The molecule has 0 unspecified atom stereocenters. The van der Waals surface area contributed by atoms with Crippen molar-refractivity contribution >= 4 is 11.6 Å². The van der Waals surface area contributed by atoms with E-state index < -0.39 is 0 Å². The van der Waals surface area contributed by atoms with Crippen molar-refractivity contribution in [3.8, 4) is 0 Å². The fraction of sp³-hybridized carbons (Fsp3) is 0.500. The third-order valence-electron chi connectivity index (χ3n) is 3.32. The quantitative estimate of drug-likeness (QED) is 0.723. The molecule has 104 valence electrons. The lowest BCUT2D eigenvalue weighted by atomic mass is 10.0. The summed E-state index contributed by atoms with van der Waals surface area (Å²) in [6.07, 6.45) is 2.05. The fourth-order valence-electron chi connectivity index (χ4n) is 2.35. The number of aliphatic hydroxyl groups is 2. The molecule has 1 heterocycles. The average Bonchev–Trinajstić information content (AvgIpc) is 2.46. The molecule has 2 rings (SSSR count). The predicted molar refractivity (Wildman–Crippen MR) is 73.3 cm³/mol. The van der Waals surface area contributed by atoms with Crippen LogP contribution in [0, 0.1) is 0 Å². The zero-order valence-corrected chi connectivity index (χ0v) is 10.9. The molecule has 1 aromatic carbocycles. The highest BCUT2D eigenvalue weighted by Gasteiger charge is 2.17. The molecule has 0 radical (unpaired) electrons. The van der Waals surface area contributed by atoms with Crippen LogP contribution in [0.4, 0.5) is 5.69 Å². The second-order valence-electron chi connectivity index (χ2n) is 4.64. The number of benzene rings is 1. The monoisotopic (exact) mass is 264 g/mol. The van der Waals surface area contributed by atoms with Crippen LogP contribution in [-0.2, 0) is 6.42 Å². The average molecular weight is 264 g/mol. The number of rotatable bonds is 5. The van der Waals surface area contributed by atoms with Crippen LogP contribution in [0.15, 0.2) is 18.2 Å². The van der Waals surface area contributed by atoms with E-state index in [0.717, 1.165) is 30.6 Å². The van der Waals surface area contributed by atoms with Gasteiger partial charge in [-0.1, -0.05) is 0 Å². The summed E-state index contributed by atoms with van der Waals surface area (Å²) in [5, 5.41) is 21.2. The second-order valence-corrected chi connectivity index (χ2v) is 4.64. The topological polar surface area (TPSA) is 72.8 Å². The number of aliphatic hydroxyl groups excluding tert-OH is 2. The number of aryl methyl sites for hydroxylation is 1. The minimum atomic E-state index is -0.142. The zero-order valence-electron chi connectivity index (χ0n) is 10.9. The number of anilines is 1. The Hall–Kier alpha value is -1.59. The molecule has 19 heavy (non-hydrogen) atoms. The van der Waals surface area contributed by atoms with Crippen molar-refractivity contribution in [1.82, 2.24) is 4.90 Å². The molecule has 0 spiro atoms. The van der Waals surface area contributed by atoms with Gasteiger partial charge in [0.2, 0.25) is 0 Å². The van der Waals surface area contributed by atoms with Crippen LogP contribution in [0.1, 0.15) is 22.3 Å². The first kappa shape index (κ1) is 13.8. The number of amides is 1. The van der Waals surface area contributed by atoms with Gasteiger partial charge in [-0.15, -0.1) is 0 Å². The van der Waals surface area contributed by atoms with E-state index in [-0.39, 0.29) is 32.2 Å². The van der Waals surface area contributed by atoms with E-state index in [2.05, 4.69) is 5.32 Å². The third-order valence-corrected chi connectivity index (χ3v) is 3.32. The Labute approximate surface area is 112 Å². The van der Waals surface area contributed by atoms with Crippen molar-refractivity contribution in [3.63, 3.8) is 0 Å². The van der Waals surface area contributed by atoms with Crippen LogP contribution in [0.5, 0.6) is 0 Å². The Kier molecular flexibility index (Phi) is 4.76. The Morgan fingerprint density at radius 3 is 2.68 bits per heavy atom. The highest BCUT2D eigenvalue weighted by Crippen LogP contribution is 2.23. The van der Waals surface area contributed by atoms with Gasteiger partial charge in [-0.3, -0.25) is 4.79 Å². The van der Waals surface area contributed by atoms with Crippen LogP contribution in [-0.4, -0.2) is 53.9 Å². The fourth-order valence-corrected chi connectivity index (χ4v) is 2.35. The second kappa shape index (κ2) is 6.54. The molecule has 0 aromatic heterocycles. The summed E-state index contributed by atoms with van der Waals surface area (Å²) in [5.74, 6) is -0.142. The smallest absolute Gasteiger partial charge is 0.254 e. The summed E-state index contributed by atoms with van der Waals surface area (Å²) < 4.78 is 0. The van der Waals surface area contributed by atoms with Gasteiger partial charge in [-0.05, 0) is 36.6 Å². The van der Waals surface area contributed by atoms with Gasteiger partial charge in [0.25, 0.3) is 5.91 Å². The van der Waals surface area contributed by atoms with Gasteiger partial charge >= 0.3 is 0 Å². The molecule has 0 saturated heterocycles. The molecule has 1 aliphatic heterocycles. The molecule has 0 bridgehead atoms. The van der Waals surface area contributed by atoms with Gasteiger partial charge in [-0.2, -0.15) is 0 Å². The van der Waals surface area contributed by atoms with Crippen molar-refractivity contribution < 1.29 is 15.0 Å². The lowest BCUT2D eigenvalue weighted by Crippen LogP contribution is -2.36. The number of nitrogens with zero attached hydrogens (tertiary/aromatic N) is 1. The van der Waals surface area contributed by atoms with Crippen LogP contribution >= 0.6 is 0 Å². The number of hydrogen-bond donors (Lipinski definition) is 3. The molecule has 3 N–H and O–H groups in total.